The molecule has 0 aliphatic heterocycles. The summed E-state index contributed by atoms with van der Waals surface area (Å²) in [6.45, 7) is 7.79. The lowest BCUT2D eigenvalue weighted by molar-refractivity contribution is 0.270. The molecule has 1 N–H and O–H groups in total. The highest BCUT2D eigenvalue weighted by atomic mass is 35.5. The van der Waals surface area contributed by atoms with Crippen LogP contribution in [0.15, 0.2) is 72.8 Å². The van der Waals surface area contributed by atoms with Gasteiger partial charge in [-0.2, -0.15) is 0 Å². The van der Waals surface area contributed by atoms with Crippen LogP contribution in [0.4, 0.5) is 5.69 Å². The average molecular weight is 446 g/mol. The molecule has 4 heteroatoms. The van der Waals surface area contributed by atoms with Crippen LogP contribution in [0.2, 0.25) is 5.02 Å². The molecule has 0 spiro atoms. The van der Waals surface area contributed by atoms with Gasteiger partial charge in [0.15, 0.2) is 11.5 Å². The molecule has 0 saturated heterocycles. The van der Waals surface area contributed by atoms with Crippen molar-refractivity contribution in [3.8, 4) is 11.5 Å². The second kappa shape index (κ2) is 9.97. The molecule has 4 aromatic carbocycles. The second-order valence-electron chi connectivity index (χ2n) is 7.92. The van der Waals surface area contributed by atoms with Crippen LogP contribution in [0.25, 0.3) is 10.8 Å². The number of anilines is 1. The first-order valence-electron chi connectivity index (χ1n) is 10.9. The molecule has 0 aromatic heterocycles. The van der Waals surface area contributed by atoms with E-state index in [2.05, 4.69) is 61.6 Å². The maximum Gasteiger partial charge on any atom is 0.180 e. The van der Waals surface area contributed by atoms with Crippen molar-refractivity contribution in [3.63, 3.8) is 0 Å². The molecule has 3 nitrogen and oxygen atoms in total. The fourth-order valence-electron chi connectivity index (χ4n) is 3.75. The Hall–Kier alpha value is -3.17. The van der Waals surface area contributed by atoms with Crippen molar-refractivity contribution in [1.82, 2.24) is 0 Å². The molecule has 0 amide bonds. The van der Waals surface area contributed by atoms with Gasteiger partial charge in [0.25, 0.3) is 0 Å². The summed E-state index contributed by atoms with van der Waals surface area (Å²) in [6.07, 6.45) is 0. The maximum atomic E-state index is 6.65. The van der Waals surface area contributed by atoms with Crippen LogP contribution in [0.1, 0.15) is 29.2 Å². The van der Waals surface area contributed by atoms with Crippen LogP contribution in [0.5, 0.6) is 11.5 Å². The Morgan fingerprint density at radius 2 is 1.66 bits per heavy atom. The van der Waals surface area contributed by atoms with E-state index in [9.17, 15) is 0 Å². The Labute approximate surface area is 194 Å². The minimum Gasteiger partial charge on any atom is -0.490 e. The van der Waals surface area contributed by atoms with Crippen molar-refractivity contribution < 1.29 is 9.47 Å². The van der Waals surface area contributed by atoms with Crippen molar-refractivity contribution in [2.75, 3.05) is 11.9 Å². The number of halogens is 1. The number of hydrogen-bond acceptors (Lipinski definition) is 3. The molecule has 4 rings (SSSR count). The molecule has 0 unspecified atom stereocenters. The Bertz CT molecular complexity index is 1230. The summed E-state index contributed by atoms with van der Waals surface area (Å²) in [5.74, 6) is 1.24. The lowest BCUT2D eigenvalue weighted by atomic mass is 10.1. The summed E-state index contributed by atoms with van der Waals surface area (Å²) in [4.78, 5) is 0. The summed E-state index contributed by atoms with van der Waals surface area (Å²) in [6, 6.07) is 24.9. The number of nitrogens with one attached hydrogen (secondary N) is 1. The zero-order valence-corrected chi connectivity index (χ0v) is 19.5. The van der Waals surface area contributed by atoms with Crippen LogP contribution in [0.3, 0.4) is 0 Å². The number of rotatable bonds is 8. The average Bonchev–Trinajstić information content (AvgIpc) is 2.79. The van der Waals surface area contributed by atoms with E-state index in [0.717, 1.165) is 16.8 Å². The third-order valence-corrected chi connectivity index (χ3v) is 5.91. The molecule has 164 valence electrons. The molecule has 0 radical (unpaired) electrons. The molecule has 0 atom stereocenters. The highest BCUT2D eigenvalue weighted by Crippen LogP contribution is 2.38. The number of aryl methyl sites for hydroxylation is 2. The van der Waals surface area contributed by atoms with E-state index < -0.39 is 0 Å². The van der Waals surface area contributed by atoms with Crippen molar-refractivity contribution >= 4 is 28.1 Å². The van der Waals surface area contributed by atoms with Gasteiger partial charge in [0.2, 0.25) is 0 Å². The standard InChI is InChI=1S/C28H28ClNO2/c1-4-31-27-16-21(17-30-24-13-12-19(2)20(3)14-24)15-26(29)28(27)32-18-23-10-7-9-22-8-5-6-11-25(22)23/h5-16,30H,4,17-18H2,1-3H3. The Morgan fingerprint density at radius 1 is 0.844 bits per heavy atom. The molecule has 0 aliphatic rings. The lowest BCUT2D eigenvalue weighted by Gasteiger charge is -2.17. The highest BCUT2D eigenvalue weighted by Gasteiger charge is 2.14. The summed E-state index contributed by atoms with van der Waals surface area (Å²) in [5, 5.41) is 6.39. The molecule has 0 bridgehead atoms. The summed E-state index contributed by atoms with van der Waals surface area (Å²) in [7, 11) is 0. The summed E-state index contributed by atoms with van der Waals surface area (Å²) in [5.41, 5.74) is 5.78. The van der Waals surface area contributed by atoms with Gasteiger partial charge in [-0.25, -0.2) is 0 Å². The summed E-state index contributed by atoms with van der Waals surface area (Å²) < 4.78 is 12.1. The van der Waals surface area contributed by atoms with Crippen LogP contribution in [-0.2, 0) is 13.2 Å². The van der Waals surface area contributed by atoms with Gasteiger partial charge in [-0.1, -0.05) is 60.1 Å². The van der Waals surface area contributed by atoms with E-state index in [0.29, 0.717) is 36.3 Å². The molecule has 4 aromatic rings. The number of ether oxygens (including phenoxy) is 2. The quantitative estimate of drug-likeness (QED) is 0.301. The first-order valence-corrected chi connectivity index (χ1v) is 11.3. The van der Waals surface area contributed by atoms with E-state index in [1.807, 2.05) is 37.3 Å². The predicted octanol–water partition coefficient (Wildman–Crippen LogP) is 7.70. The van der Waals surface area contributed by atoms with Gasteiger partial charge in [-0.3, -0.25) is 0 Å². The molecule has 0 heterocycles. The predicted molar refractivity (Wildman–Crippen MR) is 134 cm³/mol. The lowest BCUT2D eigenvalue weighted by Crippen LogP contribution is -2.04. The van der Waals surface area contributed by atoms with Crippen LogP contribution >= 0.6 is 11.6 Å². The first kappa shape index (κ1) is 22.0. The molecular formula is C28H28ClNO2. The van der Waals surface area contributed by atoms with Gasteiger partial charge in [0.05, 0.1) is 11.6 Å². The zero-order chi connectivity index (χ0) is 22.5. The molecule has 32 heavy (non-hydrogen) atoms. The number of fused-ring (bicyclic) bond motifs is 1. The van der Waals surface area contributed by atoms with Crippen molar-refractivity contribution in [2.24, 2.45) is 0 Å². The third kappa shape index (κ3) is 5.00. The van der Waals surface area contributed by atoms with Gasteiger partial charge in [0, 0.05) is 12.2 Å². The van der Waals surface area contributed by atoms with Gasteiger partial charge in [0.1, 0.15) is 6.61 Å². The van der Waals surface area contributed by atoms with Crippen LogP contribution in [0, 0.1) is 13.8 Å². The van der Waals surface area contributed by atoms with E-state index in [1.165, 1.54) is 21.9 Å². The highest BCUT2D eigenvalue weighted by molar-refractivity contribution is 6.32. The topological polar surface area (TPSA) is 30.5 Å². The Morgan fingerprint density at radius 3 is 2.47 bits per heavy atom. The smallest absolute Gasteiger partial charge is 0.180 e. The fraction of sp³-hybridized carbons (Fsp3) is 0.214. The third-order valence-electron chi connectivity index (χ3n) is 5.62. The minimum atomic E-state index is 0.418. The molecule has 0 fully saturated rings. The SMILES string of the molecule is CCOc1cc(CNc2ccc(C)c(C)c2)cc(Cl)c1OCc1cccc2ccccc12. The van der Waals surface area contributed by atoms with Crippen LogP contribution < -0.4 is 14.8 Å². The number of benzene rings is 4. The molecule has 0 saturated carbocycles. The first-order chi connectivity index (χ1) is 15.5. The van der Waals surface area contributed by atoms with E-state index in [-0.39, 0.29) is 0 Å². The monoisotopic (exact) mass is 445 g/mol. The maximum absolute atomic E-state index is 6.65. The second-order valence-corrected chi connectivity index (χ2v) is 8.32. The van der Waals surface area contributed by atoms with Crippen molar-refractivity contribution in [2.45, 2.75) is 33.9 Å². The van der Waals surface area contributed by atoms with Crippen molar-refractivity contribution in [3.05, 3.63) is 100 Å². The molecular weight excluding hydrogens is 418 g/mol. The van der Waals surface area contributed by atoms with Gasteiger partial charge in [-0.05, 0) is 78.1 Å². The van der Waals surface area contributed by atoms with Gasteiger partial charge in [-0.15, -0.1) is 0 Å². The zero-order valence-electron chi connectivity index (χ0n) is 18.7. The molecule has 0 aliphatic carbocycles. The summed E-state index contributed by atoms with van der Waals surface area (Å²) >= 11 is 6.65. The van der Waals surface area contributed by atoms with Gasteiger partial charge >= 0.3 is 0 Å². The van der Waals surface area contributed by atoms with E-state index in [1.54, 1.807) is 0 Å². The minimum absolute atomic E-state index is 0.418. The normalized spacial score (nSPS) is 10.9. The number of hydrogen-bond donors (Lipinski definition) is 1. The largest absolute Gasteiger partial charge is 0.490 e. The van der Waals surface area contributed by atoms with E-state index in [4.69, 9.17) is 21.1 Å². The van der Waals surface area contributed by atoms with Crippen LogP contribution in [-0.4, -0.2) is 6.61 Å². The fourth-order valence-corrected chi connectivity index (χ4v) is 4.04. The Balaban J connectivity index is 1.53. The van der Waals surface area contributed by atoms with Crippen molar-refractivity contribution in [1.29, 1.82) is 0 Å². The Kier molecular flexibility index (Phi) is 6.87. The van der Waals surface area contributed by atoms with E-state index >= 15 is 0 Å². The van der Waals surface area contributed by atoms with Gasteiger partial charge < -0.3 is 14.8 Å².